The minimum atomic E-state index is -0.414. The van der Waals surface area contributed by atoms with E-state index in [-0.39, 0.29) is 10.7 Å². The van der Waals surface area contributed by atoms with Crippen LogP contribution in [-0.4, -0.2) is 38.2 Å². The first-order valence-electron chi connectivity index (χ1n) is 5.61. The van der Waals surface area contributed by atoms with Crippen LogP contribution in [0.25, 0.3) is 0 Å². The molecule has 0 radical (unpaired) electrons. The van der Waals surface area contributed by atoms with E-state index in [0.717, 1.165) is 26.2 Å². The summed E-state index contributed by atoms with van der Waals surface area (Å²) in [5.41, 5.74) is 0.574. The fraction of sp³-hybridized carbons (Fsp3) is 0.455. The van der Waals surface area contributed by atoms with Crippen LogP contribution < -0.4 is 15.0 Å². The topological polar surface area (TPSA) is 67.6 Å². The lowest BCUT2D eigenvalue weighted by atomic mass is 10.2. The maximum Gasteiger partial charge on any atom is 0.294 e. The molecular weight excluding hydrogens is 258 g/mol. The third-order valence-corrected chi connectivity index (χ3v) is 3.20. The highest BCUT2D eigenvalue weighted by molar-refractivity contribution is 6.32. The Hall–Kier alpha value is -1.53. The molecule has 0 aromatic heterocycles. The maximum atomic E-state index is 11.1. The molecule has 1 aliphatic heterocycles. The van der Waals surface area contributed by atoms with Crippen molar-refractivity contribution in [1.29, 1.82) is 0 Å². The summed E-state index contributed by atoms with van der Waals surface area (Å²) in [7, 11) is 1.49. The number of halogens is 1. The lowest BCUT2D eigenvalue weighted by Crippen LogP contribution is -2.43. The number of nitrogens with zero attached hydrogens (tertiary/aromatic N) is 2. The molecule has 6 nitrogen and oxygen atoms in total. The zero-order valence-corrected chi connectivity index (χ0v) is 10.7. The van der Waals surface area contributed by atoms with Gasteiger partial charge in [0.2, 0.25) is 0 Å². The molecule has 0 amide bonds. The molecule has 0 atom stereocenters. The van der Waals surface area contributed by atoms with Crippen LogP contribution in [0.1, 0.15) is 0 Å². The van der Waals surface area contributed by atoms with Gasteiger partial charge in [-0.05, 0) is 0 Å². The number of rotatable bonds is 3. The number of nitrogens with one attached hydrogen (secondary N) is 1. The molecule has 2 rings (SSSR count). The molecule has 0 spiro atoms. The van der Waals surface area contributed by atoms with Gasteiger partial charge in [-0.25, -0.2) is 0 Å². The summed E-state index contributed by atoms with van der Waals surface area (Å²) in [4.78, 5) is 12.6. The Morgan fingerprint density at radius 2 is 2.11 bits per heavy atom. The molecule has 0 unspecified atom stereocenters. The lowest BCUT2D eigenvalue weighted by Gasteiger charge is -2.29. The van der Waals surface area contributed by atoms with Crippen LogP contribution in [0.3, 0.4) is 0 Å². The van der Waals surface area contributed by atoms with Gasteiger partial charge >= 0.3 is 0 Å². The van der Waals surface area contributed by atoms with Crippen molar-refractivity contribution in [2.45, 2.75) is 0 Å². The number of hydrogen-bond donors (Lipinski definition) is 1. The third-order valence-electron chi connectivity index (χ3n) is 2.90. The van der Waals surface area contributed by atoms with E-state index in [9.17, 15) is 10.1 Å². The highest BCUT2D eigenvalue weighted by Gasteiger charge is 2.23. The summed E-state index contributed by atoms with van der Waals surface area (Å²) >= 11 is 5.92. The average Bonchev–Trinajstić information content (AvgIpc) is 2.39. The van der Waals surface area contributed by atoms with Crippen LogP contribution in [0.5, 0.6) is 5.75 Å². The smallest absolute Gasteiger partial charge is 0.294 e. The summed E-state index contributed by atoms with van der Waals surface area (Å²) < 4.78 is 5.11. The van der Waals surface area contributed by atoms with Crippen molar-refractivity contribution >= 4 is 23.0 Å². The second-order valence-corrected chi connectivity index (χ2v) is 4.38. The molecule has 1 heterocycles. The Morgan fingerprint density at radius 3 is 2.67 bits per heavy atom. The van der Waals surface area contributed by atoms with E-state index in [4.69, 9.17) is 16.3 Å². The minimum Gasteiger partial charge on any atom is -0.495 e. The summed E-state index contributed by atoms with van der Waals surface area (Å²) in [5.74, 6) is 0.454. The number of benzene rings is 1. The van der Waals surface area contributed by atoms with Crippen LogP contribution in [0.4, 0.5) is 11.4 Å². The zero-order valence-electron chi connectivity index (χ0n) is 9.98. The largest absolute Gasteiger partial charge is 0.495 e. The van der Waals surface area contributed by atoms with Crippen LogP contribution in [-0.2, 0) is 0 Å². The van der Waals surface area contributed by atoms with Gasteiger partial charge in [-0.3, -0.25) is 10.1 Å². The first-order chi connectivity index (χ1) is 8.63. The Bertz CT molecular complexity index is 461. The van der Waals surface area contributed by atoms with E-state index in [1.165, 1.54) is 13.2 Å². The standard InChI is InChI=1S/C11H14ClN3O3/c1-18-11-7-9(14-4-2-13-3-5-14)10(15(16)17)6-8(11)12/h6-7,13H,2-5H2,1H3. The third kappa shape index (κ3) is 2.49. The number of nitro benzene ring substituents is 1. The molecule has 18 heavy (non-hydrogen) atoms. The van der Waals surface area contributed by atoms with Crippen LogP contribution >= 0.6 is 11.6 Å². The van der Waals surface area contributed by atoms with Crippen molar-refractivity contribution in [3.05, 3.63) is 27.3 Å². The Labute approximate surface area is 110 Å². The predicted octanol–water partition coefficient (Wildman–Crippen LogP) is 1.67. The monoisotopic (exact) mass is 271 g/mol. The number of methoxy groups -OCH3 is 1. The summed E-state index contributed by atoms with van der Waals surface area (Å²) in [6, 6.07) is 2.98. The van der Waals surface area contributed by atoms with Gasteiger partial charge in [0.05, 0.1) is 17.1 Å². The van der Waals surface area contributed by atoms with Crippen molar-refractivity contribution in [3.63, 3.8) is 0 Å². The van der Waals surface area contributed by atoms with Crippen molar-refractivity contribution in [2.24, 2.45) is 0 Å². The van der Waals surface area contributed by atoms with Crippen molar-refractivity contribution in [1.82, 2.24) is 5.32 Å². The predicted molar refractivity (Wildman–Crippen MR) is 69.7 cm³/mol. The van der Waals surface area contributed by atoms with Gasteiger partial charge in [0.15, 0.2) is 0 Å². The second kappa shape index (κ2) is 5.41. The van der Waals surface area contributed by atoms with E-state index in [0.29, 0.717) is 11.4 Å². The van der Waals surface area contributed by atoms with E-state index in [1.54, 1.807) is 6.07 Å². The molecule has 98 valence electrons. The molecule has 0 aliphatic carbocycles. The first kappa shape index (κ1) is 12.9. The number of piperazine rings is 1. The number of nitro groups is 1. The molecule has 1 aliphatic rings. The minimum absolute atomic E-state index is 0.0164. The Kier molecular flexibility index (Phi) is 3.88. The molecule has 0 saturated carbocycles. The lowest BCUT2D eigenvalue weighted by molar-refractivity contribution is -0.384. The Balaban J connectivity index is 2.44. The van der Waals surface area contributed by atoms with Crippen molar-refractivity contribution in [3.8, 4) is 5.75 Å². The molecular formula is C11H14ClN3O3. The van der Waals surface area contributed by atoms with Gasteiger partial charge in [0.25, 0.3) is 5.69 Å². The molecule has 1 aromatic carbocycles. The molecule has 1 fully saturated rings. The summed E-state index contributed by atoms with van der Waals surface area (Å²) in [6.07, 6.45) is 0. The summed E-state index contributed by atoms with van der Waals surface area (Å²) in [5, 5.41) is 14.5. The van der Waals surface area contributed by atoms with Gasteiger partial charge in [-0.1, -0.05) is 11.6 Å². The first-order valence-corrected chi connectivity index (χ1v) is 5.99. The van der Waals surface area contributed by atoms with Gasteiger partial charge in [0.1, 0.15) is 11.4 Å². The van der Waals surface area contributed by atoms with Gasteiger partial charge < -0.3 is 15.0 Å². The Morgan fingerprint density at radius 1 is 1.44 bits per heavy atom. The van der Waals surface area contributed by atoms with Gasteiger partial charge in [-0.2, -0.15) is 0 Å². The molecule has 1 N–H and O–H groups in total. The van der Waals surface area contributed by atoms with Crippen LogP contribution in [0, 0.1) is 10.1 Å². The normalized spacial score (nSPS) is 15.6. The maximum absolute atomic E-state index is 11.1. The fourth-order valence-electron chi connectivity index (χ4n) is 1.99. The van der Waals surface area contributed by atoms with Crippen LogP contribution in [0.2, 0.25) is 5.02 Å². The number of anilines is 1. The van der Waals surface area contributed by atoms with E-state index >= 15 is 0 Å². The molecule has 1 saturated heterocycles. The zero-order chi connectivity index (χ0) is 13.1. The highest BCUT2D eigenvalue weighted by atomic mass is 35.5. The number of hydrogen-bond acceptors (Lipinski definition) is 5. The molecule has 0 bridgehead atoms. The average molecular weight is 272 g/mol. The second-order valence-electron chi connectivity index (χ2n) is 3.97. The number of ether oxygens (including phenoxy) is 1. The SMILES string of the molecule is COc1cc(N2CCNCC2)c([N+](=O)[O-])cc1Cl. The van der Waals surface area contributed by atoms with Gasteiger partial charge in [0, 0.05) is 38.3 Å². The van der Waals surface area contributed by atoms with Crippen molar-refractivity contribution < 1.29 is 9.66 Å². The quantitative estimate of drug-likeness (QED) is 0.669. The fourth-order valence-corrected chi connectivity index (χ4v) is 2.23. The van der Waals surface area contributed by atoms with E-state index in [1.807, 2.05) is 4.90 Å². The van der Waals surface area contributed by atoms with E-state index < -0.39 is 4.92 Å². The molecule has 1 aromatic rings. The highest BCUT2D eigenvalue weighted by Crippen LogP contribution is 2.37. The van der Waals surface area contributed by atoms with Crippen molar-refractivity contribution in [2.75, 3.05) is 38.2 Å². The van der Waals surface area contributed by atoms with E-state index in [2.05, 4.69) is 5.32 Å². The van der Waals surface area contributed by atoms with Gasteiger partial charge in [-0.15, -0.1) is 0 Å². The molecule has 7 heteroatoms. The summed E-state index contributed by atoms with van der Waals surface area (Å²) in [6.45, 7) is 3.07. The van der Waals surface area contributed by atoms with Crippen LogP contribution in [0.15, 0.2) is 12.1 Å².